The number of aryl methyl sites for hydroxylation is 2. The predicted molar refractivity (Wildman–Crippen MR) is 99.2 cm³/mol. The summed E-state index contributed by atoms with van der Waals surface area (Å²) in [6.45, 7) is 2.96. The summed E-state index contributed by atoms with van der Waals surface area (Å²) < 4.78 is 0. The molecule has 0 aromatic carbocycles. The van der Waals surface area contributed by atoms with Crippen molar-refractivity contribution in [2.45, 2.75) is 25.7 Å². The van der Waals surface area contributed by atoms with Gasteiger partial charge in [-0.25, -0.2) is 4.98 Å². The number of nitrogens with one attached hydrogen (secondary N) is 1. The van der Waals surface area contributed by atoms with Gasteiger partial charge in [0.2, 0.25) is 5.95 Å². The Morgan fingerprint density at radius 2 is 2.04 bits per heavy atom. The van der Waals surface area contributed by atoms with Crippen LogP contribution in [0, 0.1) is 5.92 Å². The van der Waals surface area contributed by atoms with E-state index < -0.39 is 0 Å². The van der Waals surface area contributed by atoms with Gasteiger partial charge in [-0.2, -0.15) is 10.1 Å². The average molecular weight is 339 g/mol. The van der Waals surface area contributed by atoms with Crippen LogP contribution >= 0.6 is 0 Å². The zero-order valence-electron chi connectivity index (χ0n) is 14.9. The smallest absolute Gasteiger partial charge is 0.226 e. The van der Waals surface area contributed by atoms with E-state index in [1.54, 1.807) is 6.20 Å². The zero-order valence-corrected chi connectivity index (χ0v) is 14.9. The van der Waals surface area contributed by atoms with Crippen LogP contribution in [0.5, 0.6) is 0 Å². The van der Waals surface area contributed by atoms with Crippen molar-refractivity contribution >= 4 is 17.6 Å². The van der Waals surface area contributed by atoms with Crippen LogP contribution in [0.4, 0.5) is 17.6 Å². The van der Waals surface area contributed by atoms with Crippen LogP contribution < -0.4 is 15.1 Å². The highest BCUT2D eigenvalue weighted by molar-refractivity contribution is 5.45. The Morgan fingerprint density at radius 3 is 2.88 bits per heavy atom. The fraction of sp³-hybridized carbons (Fsp3) is 0.556. The number of rotatable bonds is 5. The van der Waals surface area contributed by atoms with Crippen molar-refractivity contribution in [2.24, 2.45) is 5.92 Å². The second kappa shape index (κ2) is 6.82. The van der Waals surface area contributed by atoms with Gasteiger partial charge in [-0.1, -0.05) is 0 Å². The molecule has 2 aliphatic rings. The third-order valence-corrected chi connectivity index (χ3v) is 4.95. The molecule has 7 nitrogen and oxygen atoms in total. The Labute approximate surface area is 148 Å². The standard InChI is InChI=1S/C18H25N7/c1-24(2)18-19-8-7-16(21-18)20-10-13-11-25(12-13)17-9-14-5-3-4-6-15(14)22-23-17/h7-9,13H,3-6,10-12H2,1-2H3,(H,19,20,21). The summed E-state index contributed by atoms with van der Waals surface area (Å²) in [5.74, 6) is 3.25. The third kappa shape index (κ3) is 3.50. The van der Waals surface area contributed by atoms with E-state index in [-0.39, 0.29) is 0 Å². The monoisotopic (exact) mass is 339 g/mol. The Bertz CT molecular complexity index is 740. The minimum Gasteiger partial charge on any atom is -0.369 e. The SMILES string of the molecule is CN(C)c1nccc(NCC2CN(c3cc4c(nn3)CCCC4)C2)n1. The van der Waals surface area contributed by atoms with Crippen molar-refractivity contribution in [3.63, 3.8) is 0 Å². The lowest BCUT2D eigenvalue weighted by molar-refractivity contribution is 0.424. The topological polar surface area (TPSA) is 70.1 Å². The van der Waals surface area contributed by atoms with E-state index in [9.17, 15) is 0 Å². The number of hydrogen-bond acceptors (Lipinski definition) is 7. The Morgan fingerprint density at radius 1 is 1.20 bits per heavy atom. The van der Waals surface area contributed by atoms with Crippen LogP contribution in [-0.4, -0.2) is 53.9 Å². The maximum absolute atomic E-state index is 4.50. The summed E-state index contributed by atoms with van der Waals surface area (Å²) in [5, 5.41) is 12.3. The summed E-state index contributed by atoms with van der Waals surface area (Å²) in [5.41, 5.74) is 2.60. The fourth-order valence-electron chi connectivity index (χ4n) is 3.43. The first-order valence-electron chi connectivity index (χ1n) is 9.04. The van der Waals surface area contributed by atoms with Gasteiger partial charge in [-0.15, -0.1) is 5.10 Å². The normalized spacial score (nSPS) is 17.0. The number of fused-ring (bicyclic) bond motifs is 1. The first kappa shape index (κ1) is 16.1. The maximum Gasteiger partial charge on any atom is 0.226 e. The molecule has 132 valence electrons. The van der Waals surface area contributed by atoms with Crippen molar-refractivity contribution in [3.8, 4) is 0 Å². The van der Waals surface area contributed by atoms with Gasteiger partial charge < -0.3 is 15.1 Å². The second-order valence-corrected chi connectivity index (χ2v) is 7.17. The van der Waals surface area contributed by atoms with Gasteiger partial charge in [0.1, 0.15) is 5.82 Å². The molecule has 0 saturated carbocycles. The van der Waals surface area contributed by atoms with Crippen LogP contribution in [0.3, 0.4) is 0 Å². The third-order valence-electron chi connectivity index (χ3n) is 4.95. The van der Waals surface area contributed by atoms with Gasteiger partial charge in [-0.05, 0) is 43.4 Å². The van der Waals surface area contributed by atoms with E-state index in [1.165, 1.54) is 24.1 Å². The van der Waals surface area contributed by atoms with Gasteiger partial charge in [0.25, 0.3) is 0 Å². The van der Waals surface area contributed by atoms with Crippen LogP contribution in [0.1, 0.15) is 24.1 Å². The minimum absolute atomic E-state index is 0.607. The molecule has 1 aliphatic heterocycles. The summed E-state index contributed by atoms with van der Waals surface area (Å²) in [6.07, 6.45) is 6.55. The second-order valence-electron chi connectivity index (χ2n) is 7.17. The van der Waals surface area contributed by atoms with Gasteiger partial charge >= 0.3 is 0 Å². The molecular formula is C18H25N7. The lowest BCUT2D eigenvalue weighted by Crippen LogP contribution is -2.50. The average Bonchev–Trinajstić information content (AvgIpc) is 2.60. The maximum atomic E-state index is 4.50. The van der Waals surface area contributed by atoms with Crippen LogP contribution in [0.2, 0.25) is 0 Å². The number of aromatic nitrogens is 4. The van der Waals surface area contributed by atoms with E-state index in [2.05, 4.69) is 36.4 Å². The highest BCUT2D eigenvalue weighted by Gasteiger charge is 2.28. The Balaban J connectivity index is 1.30. The van der Waals surface area contributed by atoms with Gasteiger partial charge in [0.05, 0.1) is 5.69 Å². The van der Waals surface area contributed by atoms with Crippen molar-refractivity contribution in [3.05, 3.63) is 29.6 Å². The molecule has 0 spiro atoms. The van der Waals surface area contributed by atoms with Gasteiger partial charge in [0, 0.05) is 45.8 Å². The Kier molecular flexibility index (Phi) is 4.38. The van der Waals surface area contributed by atoms with Gasteiger partial charge in [0.15, 0.2) is 5.82 Å². The van der Waals surface area contributed by atoms with E-state index in [0.717, 1.165) is 50.1 Å². The fourth-order valence-corrected chi connectivity index (χ4v) is 3.43. The van der Waals surface area contributed by atoms with E-state index in [4.69, 9.17) is 0 Å². The highest BCUT2D eigenvalue weighted by atomic mass is 15.3. The van der Waals surface area contributed by atoms with Crippen molar-refractivity contribution in [2.75, 3.05) is 48.8 Å². The van der Waals surface area contributed by atoms with Gasteiger partial charge in [-0.3, -0.25) is 0 Å². The summed E-state index contributed by atoms with van der Waals surface area (Å²) in [6, 6.07) is 4.16. The predicted octanol–water partition coefficient (Wildman–Crippen LogP) is 1.76. The molecule has 0 radical (unpaired) electrons. The Hall–Kier alpha value is -2.44. The lowest BCUT2D eigenvalue weighted by atomic mass is 9.95. The lowest BCUT2D eigenvalue weighted by Gasteiger charge is -2.40. The molecule has 1 fully saturated rings. The molecule has 7 heteroatoms. The quantitative estimate of drug-likeness (QED) is 0.890. The molecule has 4 rings (SSSR count). The molecular weight excluding hydrogens is 314 g/mol. The minimum atomic E-state index is 0.607. The number of anilines is 3. The molecule has 0 unspecified atom stereocenters. The molecule has 3 heterocycles. The first-order chi connectivity index (χ1) is 12.2. The molecule has 0 bridgehead atoms. The van der Waals surface area contributed by atoms with Crippen molar-refractivity contribution in [1.82, 2.24) is 20.2 Å². The molecule has 2 aromatic heterocycles. The van der Waals surface area contributed by atoms with E-state index >= 15 is 0 Å². The first-order valence-corrected chi connectivity index (χ1v) is 9.04. The van der Waals surface area contributed by atoms with Crippen LogP contribution in [0.15, 0.2) is 18.3 Å². The largest absolute Gasteiger partial charge is 0.369 e. The number of nitrogens with zero attached hydrogens (tertiary/aromatic N) is 6. The molecule has 0 amide bonds. The highest BCUT2D eigenvalue weighted by Crippen LogP contribution is 2.26. The van der Waals surface area contributed by atoms with Crippen LogP contribution in [-0.2, 0) is 12.8 Å². The molecule has 25 heavy (non-hydrogen) atoms. The zero-order chi connectivity index (χ0) is 17.2. The molecule has 1 N–H and O–H groups in total. The number of hydrogen-bond donors (Lipinski definition) is 1. The molecule has 1 aliphatic carbocycles. The molecule has 0 atom stereocenters. The summed E-state index contributed by atoms with van der Waals surface area (Å²) >= 11 is 0. The van der Waals surface area contributed by atoms with E-state index in [0.29, 0.717) is 5.92 Å². The summed E-state index contributed by atoms with van der Waals surface area (Å²) in [4.78, 5) is 13.0. The van der Waals surface area contributed by atoms with Crippen molar-refractivity contribution in [1.29, 1.82) is 0 Å². The van der Waals surface area contributed by atoms with Crippen LogP contribution in [0.25, 0.3) is 0 Å². The molecule has 1 saturated heterocycles. The molecule has 2 aromatic rings. The summed E-state index contributed by atoms with van der Waals surface area (Å²) in [7, 11) is 3.89. The van der Waals surface area contributed by atoms with Crippen molar-refractivity contribution < 1.29 is 0 Å². The van der Waals surface area contributed by atoms with E-state index in [1.807, 2.05) is 25.1 Å².